The van der Waals surface area contributed by atoms with E-state index in [1.165, 1.54) is 11.0 Å². The van der Waals surface area contributed by atoms with E-state index >= 15 is 0 Å². The molecular weight excluding hydrogens is 284 g/mol. The molecule has 22 heavy (non-hydrogen) atoms. The number of rotatable bonds is 1. The van der Waals surface area contributed by atoms with Gasteiger partial charge in [-0.3, -0.25) is 9.59 Å². The topological polar surface area (TPSA) is 79.6 Å². The van der Waals surface area contributed by atoms with Crippen LogP contribution in [0.3, 0.4) is 0 Å². The minimum absolute atomic E-state index is 0.0542. The number of nitrogens with zero attached hydrogens (tertiary/aromatic N) is 1. The summed E-state index contributed by atoms with van der Waals surface area (Å²) in [7, 11) is 0. The predicted molar refractivity (Wildman–Crippen MR) is 80.6 cm³/mol. The first-order valence-electron chi connectivity index (χ1n) is 7.04. The van der Waals surface area contributed by atoms with Crippen LogP contribution in [0.4, 0.5) is 0 Å². The number of piperazine rings is 1. The Morgan fingerprint density at radius 3 is 2.77 bits per heavy atom. The highest BCUT2D eigenvalue weighted by atomic mass is 16.4. The van der Waals surface area contributed by atoms with Crippen LogP contribution in [0.2, 0.25) is 0 Å². The van der Waals surface area contributed by atoms with Crippen molar-refractivity contribution in [1.29, 1.82) is 0 Å². The van der Waals surface area contributed by atoms with Crippen molar-refractivity contribution in [1.82, 2.24) is 10.2 Å². The first kappa shape index (κ1) is 14.3. The first-order valence-corrected chi connectivity index (χ1v) is 7.04. The molecule has 0 aliphatic carbocycles. The van der Waals surface area contributed by atoms with E-state index in [0.29, 0.717) is 24.1 Å². The molecule has 2 aromatic rings. The van der Waals surface area contributed by atoms with Crippen LogP contribution < -0.4 is 10.9 Å². The van der Waals surface area contributed by atoms with Crippen LogP contribution in [-0.2, 0) is 4.79 Å². The lowest BCUT2D eigenvalue weighted by molar-refractivity contribution is -0.133. The highest BCUT2D eigenvalue weighted by Crippen LogP contribution is 2.21. The van der Waals surface area contributed by atoms with Crippen LogP contribution in [0.1, 0.15) is 24.2 Å². The standard InChI is InChI=1S/C16H16N2O4/c1-16(2)15(21)17-7-8-18(16)13(19)11-9-10-5-3-4-6-12(10)22-14(11)20/h3-6,9H,7-8H2,1-2H3,(H,17,21). The summed E-state index contributed by atoms with van der Waals surface area (Å²) in [6.07, 6.45) is 0. The fourth-order valence-electron chi connectivity index (χ4n) is 2.61. The summed E-state index contributed by atoms with van der Waals surface area (Å²) in [5, 5.41) is 3.39. The first-order chi connectivity index (χ1) is 10.4. The molecule has 1 aromatic carbocycles. The zero-order chi connectivity index (χ0) is 15.9. The van der Waals surface area contributed by atoms with Gasteiger partial charge in [-0.05, 0) is 26.0 Å². The number of nitrogens with one attached hydrogen (secondary N) is 1. The lowest BCUT2D eigenvalue weighted by atomic mass is 9.97. The van der Waals surface area contributed by atoms with Crippen LogP contribution in [0.15, 0.2) is 39.5 Å². The minimum atomic E-state index is -1.01. The molecule has 1 saturated heterocycles. The number of hydrogen-bond donors (Lipinski definition) is 1. The monoisotopic (exact) mass is 300 g/mol. The molecule has 114 valence electrons. The normalized spacial score (nSPS) is 17.4. The van der Waals surface area contributed by atoms with E-state index in [-0.39, 0.29) is 11.5 Å². The summed E-state index contributed by atoms with van der Waals surface area (Å²) in [5.74, 6) is -0.725. The Morgan fingerprint density at radius 1 is 1.27 bits per heavy atom. The molecule has 0 spiro atoms. The molecule has 1 aliphatic rings. The van der Waals surface area contributed by atoms with Crippen LogP contribution >= 0.6 is 0 Å². The van der Waals surface area contributed by atoms with Crippen molar-refractivity contribution in [2.75, 3.05) is 13.1 Å². The minimum Gasteiger partial charge on any atom is -0.422 e. The van der Waals surface area contributed by atoms with Gasteiger partial charge in [0.2, 0.25) is 5.91 Å². The summed E-state index contributed by atoms with van der Waals surface area (Å²) in [6.45, 7) is 4.03. The summed E-state index contributed by atoms with van der Waals surface area (Å²) in [5.41, 5.74) is -1.32. The van der Waals surface area contributed by atoms with E-state index < -0.39 is 17.1 Å². The zero-order valence-corrected chi connectivity index (χ0v) is 12.4. The fourth-order valence-corrected chi connectivity index (χ4v) is 2.61. The largest absolute Gasteiger partial charge is 0.422 e. The fraction of sp³-hybridized carbons (Fsp3) is 0.312. The van der Waals surface area contributed by atoms with E-state index in [1.54, 1.807) is 38.1 Å². The molecule has 1 aliphatic heterocycles. The van der Waals surface area contributed by atoms with Gasteiger partial charge >= 0.3 is 5.63 Å². The SMILES string of the molecule is CC1(C)C(=O)NCCN1C(=O)c1cc2ccccc2oc1=O. The summed E-state index contributed by atoms with van der Waals surface area (Å²) < 4.78 is 5.20. The number of para-hydroxylation sites is 1. The van der Waals surface area contributed by atoms with Crippen molar-refractivity contribution in [3.63, 3.8) is 0 Å². The van der Waals surface area contributed by atoms with Crippen molar-refractivity contribution in [3.05, 3.63) is 46.3 Å². The van der Waals surface area contributed by atoms with Crippen LogP contribution in [0.25, 0.3) is 11.0 Å². The molecule has 0 unspecified atom stereocenters. The van der Waals surface area contributed by atoms with Gasteiger partial charge in [-0.25, -0.2) is 4.79 Å². The molecule has 0 radical (unpaired) electrons. The quantitative estimate of drug-likeness (QED) is 0.801. The van der Waals surface area contributed by atoms with Crippen molar-refractivity contribution >= 4 is 22.8 Å². The lowest BCUT2D eigenvalue weighted by Crippen LogP contribution is -2.63. The van der Waals surface area contributed by atoms with Crippen LogP contribution in [0, 0.1) is 0 Å². The van der Waals surface area contributed by atoms with E-state index in [4.69, 9.17) is 4.42 Å². The average molecular weight is 300 g/mol. The maximum atomic E-state index is 12.7. The van der Waals surface area contributed by atoms with Gasteiger partial charge < -0.3 is 14.6 Å². The Labute approximate surface area is 126 Å². The highest BCUT2D eigenvalue weighted by molar-refractivity contribution is 6.01. The van der Waals surface area contributed by atoms with Gasteiger partial charge in [0.25, 0.3) is 5.91 Å². The van der Waals surface area contributed by atoms with Crippen molar-refractivity contribution in [2.24, 2.45) is 0 Å². The molecule has 0 bridgehead atoms. The van der Waals surface area contributed by atoms with Crippen LogP contribution in [0.5, 0.6) is 0 Å². The molecule has 0 saturated carbocycles. The van der Waals surface area contributed by atoms with E-state index in [2.05, 4.69) is 5.32 Å². The van der Waals surface area contributed by atoms with Crippen molar-refractivity contribution in [2.45, 2.75) is 19.4 Å². The second-order valence-electron chi connectivity index (χ2n) is 5.76. The number of amides is 2. The molecule has 6 nitrogen and oxygen atoms in total. The van der Waals surface area contributed by atoms with E-state index in [0.717, 1.165) is 0 Å². The van der Waals surface area contributed by atoms with Crippen LogP contribution in [-0.4, -0.2) is 35.3 Å². The molecule has 3 rings (SSSR count). The second kappa shape index (κ2) is 4.98. The number of carbonyl (C=O) groups excluding carboxylic acids is 2. The van der Waals surface area contributed by atoms with E-state index in [9.17, 15) is 14.4 Å². The summed E-state index contributed by atoms with van der Waals surface area (Å²) >= 11 is 0. The molecule has 2 amide bonds. The van der Waals surface area contributed by atoms with Gasteiger partial charge in [0.15, 0.2) is 0 Å². The summed E-state index contributed by atoms with van der Waals surface area (Å²) in [4.78, 5) is 38.2. The molecule has 1 fully saturated rings. The highest BCUT2D eigenvalue weighted by Gasteiger charge is 2.41. The number of hydrogen-bond acceptors (Lipinski definition) is 4. The average Bonchev–Trinajstić information content (AvgIpc) is 2.48. The summed E-state index contributed by atoms with van der Waals surface area (Å²) in [6, 6.07) is 8.51. The Morgan fingerprint density at radius 2 is 2.00 bits per heavy atom. The third kappa shape index (κ3) is 2.16. The number of fused-ring (bicyclic) bond motifs is 1. The van der Waals surface area contributed by atoms with Gasteiger partial charge in [0.1, 0.15) is 16.7 Å². The second-order valence-corrected chi connectivity index (χ2v) is 5.76. The number of benzene rings is 1. The Hall–Kier alpha value is -2.63. The third-order valence-electron chi connectivity index (χ3n) is 3.97. The Kier molecular flexibility index (Phi) is 3.24. The lowest BCUT2D eigenvalue weighted by Gasteiger charge is -2.40. The van der Waals surface area contributed by atoms with Gasteiger partial charge in [0, 0.05) is 18.5 Å². The van der Waals surface area contributed by atoms with Gasteiger partial charge in [-0.15, -0.1) is 0 Å². The molecule has 6 heteroatoms. The maximum Gasteiger partial charge on any atom is 0.349 e. The van der Waals surface area contributed by atoms with Gasteiger partial charge in [-0.2, -0.15) is 0 Å². The van der Waals surface area contributed by atoms with Crippen molar-refractivity contribution in [3.8, 4) is 0 Å². The molecular formula is C16H16N2O4. The molecule has 1 N–H and O–H groups in total. The van der Waals surface area contributed by atoms with Gasteiger partial charge in [-0.1, -0.05) is 18.2 Å². The van der Waals surface area contributed by atoms with Gasteiger partial charge in [0.05, 0.1) is 0 Å². The maximum absolute atomic E-state index is 12.7. The zero-order valence-electron chi connectivity index (χ0n) is 12.4. The molecule has 0 atom stereocenters. The molecule has 2 heterocycles. The van der Waals surface area contributed by atoms with E-state index in [1.807, 2.05) is 0 Å². The van der Waals surface area contributed by atoms with Crippen molar-refractivity contribution < 1.29 is 14.0 Å². The molecule has 1 aromatic heterocycles. The smallest absolute Gasteiger partial charge is 0.349 e. The Balaban J connectivity index is 2.07. The third-order valence-corrected chi connectivity index (χ3v) is 3.97. The Bertz CT molecular complexity index is 822. The predicted octanol–water partition coefficient (Wildman–Crippen LogP) is 1.14. The number of carbonyl (C=O) groups is 2.